The van der Waals surface area contributed by atoms with Gasteiger partial charge in [-0.25, -0.2) is 0 Å². The van der Waals surface area contributed by atoms with Crippen molar-refractivity contribution in [3.05, 3.63) is 21.9 Å². The van der Waals surface area contributed by atoms with Crippen molar-refractivity contribution in [3.63, 3.8) is 0 Å². The average molecular weight is 223 g/mol. The average Bonchev–Trinajstić information content (AvgIpc) is 2.68. The lowest BCUT2D eigenvalue weighted by Gasteiger charge is -2.25. The van der Waals surface area contributed by atoms with E-state index >= 15 is 0 Å². The van der Waals surface area contributed by atoms with Crippen LogP contribution in [-0.2, 0) is 6.54 Å². The maximum atomic E-state index is 2.60. The van der Waals surface area contributed by atoms with E-state index in [1.54, 1.807) is 4.88 Å². The van der Waals surface area contributed by atoms with Gasteiger partial charge in [-0.05, 0) is 48.9 Å². The van der Waals surface area contributed by atoms with Gasteiger partial charge >= 0.3 is 0 Å². The number of likely N-dealkylation sites (tertiary alicyclic amines) is 1. The van der Waals surface area contributed by atoms with Gasteiger partial charge in [0, 0.05) is 11.4 Å². The van der Waals surface area contributed by atoms with Crippen LogP contribution in [0.3, 0.4) is 0 Å². The van der Waals surface area contributed by atoms with Gasteiger partial charge in [-0.3, -0.25) is 4.90 Å². The molecule has 0 aliphatic carbocycles. The first-order chi connectivity index (χ1) is 7.25. The highest BCUT2D eigenvalue weighted by Crippen LogP contribution is 2.24. The van der Waals surface area contributed by atoms with Gasteiger partial charge in [-0.15, -0.1) is 11.3 Å². The third-order valence-electron chi connectivity index (χ3n) is 3.17. The number of hydrogen-bond donors (Lipinski definition) is 0. The third kappa shape index (κ3) is 3.05. The summed E-state index contributed by atoms with van der Waals surface area (Å²) in [4.78, 5) is 4.14. The SMILES string of the molecule is CC(C)c1csc(CN2CCCCC2)c1. The maximum Gasteiger partial charge on any atom is 0.0328 e. The molecule has 84 valence electrons. The molecule has 0 unspecified atom stereocenters. The van der Waals surface area contributed by atoms with E-state index in [0.29, 0.717) is 5.92 Å². The van der Waals surface area contributed by atoms with Crippen molar-refractivity contribution in [1.82, 2.24) is 4.90 Å². The Balaban J connectivity index is 1.91. The van der Waals surface area contributed by atoms with Gasteiger partial charge in [0.2, 0.25) is 0 Å². The Bertz CT molecular complexity index is 297. The third-order valence-corrected chi connectivity index (χ3v) is 4.11. The molecule has 0 atom stereocenters. The molecule has 2 rings (SSSR count). The summed E-state index contributed by atoms with van der Waals surface area (Å²) in [5.74, 6) is 0.677. The minimum absolute atomic E-state index is 0.677. The molecule has 1 aromatic heterocycles. The van der Waals surface area contributed by atoms with Gasteiger partial charge < -0.3 is 0 Å². The van der Waals surface area contributed by atoms with Crippen LogP contribution in [0.1, 0.15) is 49.5 Å². The Morgan fingerprint density at radius 1 is 1.27 bits per heavy atom. The summed E-state index contributed by atoms with van der Waals surface area (Å²) >= 11 is 1.93. The fourth-order valence-electron chi connectivity index (χ4n) is 2.12. The number of rotatable bonds is 3. The van der Waals surface area contributed by atoms with Gasteiger partial charge in [0.15, 0.2) is 0 Å². The summed E-state index contributed by atoms with van der Waals surface area (Å²) in [7, 11) is 0. The molecule has 0 radical (unpaired) electrons. The first kappa shape index (κ1) is 11.2. The van der Waals surface area contributed by atoms with Crippen LogP contribution in [0.2, 0.25) is 0 Å². The molecule has 2 heterocycles. The summed E-state index contributed by atoms with van der Waals surface area (Å²) < 4.78 is 0. The van der Waals surface area contributed by atoms with Crippen LogP contribution < -0.4 is 0 Å². The molecule has 15 heavy (non-hydrogen) atoms. The van der Waals surface area contributed by atoms with Crippen molar-refractivity contribution >= 4 is 11.3 Å². The molecule has 1 nitrogen and oxygen atoms in total. The first-order valence-corrected chi connectivity index (χ1v) is 6.93. The lowest BCUT2D eigenvalue weighted by molar-refractivity contribution is 0.222. The van der Waals surface area contributed by atoms with Crippen LogP contribution in [0.15, 0.2) is 11.4 Å². The molecule has 0 amide bonds. The Kier molecular flexibility index (Phi) is 3.81. The predicted molar refractivity (Wildman–Crippen MR) is 67.5 cm³/mol. The Morgan fingerprint density at radius 2 is 2.00 bits per heavy atom. The number of nitrogens with zero attached hydrogens (tertiary/aromatic N) is 1. The zero-order chi connectivity index (χ0) is 10.7. The second-order valence-corrected chi connectivity index (χ2v) is 5.83. The highest BCUT2D eigenvalue weighted by molar-refractivity contribution is 7.10. The van der Waals surface area contributed by atoms with Gasteiger partial charge in [-0.2, -0.15) is 0 Å². The topological polar surface area (TPSA) is 3.24 Å². The monoisotopic (exact) mass is 223 g/mol. The second kappa shape index (κ2) is 5.13. The van der Waals surface area contributed by atoms with Gasteiger partial charge in [0.05, 0.1) is 0 Å². The molecule has 1 fully saturated rings. The highest BCUT2D eigenvalue weighted by Gasteiger charge is 2.12. The van der Waals surface area contributed by atoms with E-state index in [9.17, 15) is 0 Å². The van der Waals surface area contributed by atoms with E-state index < -0.39 is 0 Å². The molecule has 0 spiro atoms. The summed E-state index contributed by atoms with van der Waals surface area (Å²) in [5.41, 5.74) is 1.51. The predicted octanol–water partition coefficient (Wildman–Crippen LogP) is 3.86. The van der Waals surface area contributed by atoms with Crippen LogP contribution in [-0.4, -0.2) is 18.0 Å². The van der Waals surface area contributed by atoms with Crippen molar-refractivity contribution < 1.29 is 0 Å². The van der Waals surface area contributed by atoms with Crippen LogP contribution in [0, 0.1) is 0 Å². The normalized spacial score (nSPS) is 18.6. The lowest BCUT2D eigenvalue weighted by atomic mass is 10.1. The highest BCUT2D eigenvalue weighted by atomic mass is 32.1. The van der Waals surface area contributed by atoms with Gasteiger partial charge in [0.25, 0.3) is 0 Å². The minimum Gasteiger partial charge on any atom is -0.298 e. The van der Waals surface area contributed by atoms with E-state index in [2.05, 4.69) is 30.2 Å². The minimum atomic E-state index is 0.677. The molecule has 2 heteroatoms. The zero-order valence-corrected chi connectivity index (χ0v) is 10.6. The van der Waals surface area contributed by atoms with Crippen molar-refractivity contribution in [2.24, 2.45) is 0 Å². The van der Waals surface area contributed by atoms with Crippen LogP contribution in [0.25, 0.3) is 0 Å². The smallest absolute Gasteiger partial charge is 0.0328 e. The van der Waals surface area contributed by atoms with E-state index in [0.717, 1.165) is 0 Å². The van der Waals surface area contributed by atoms with Crippen LogP contribution in [0.4, 0.5) is 0 Å². The molecule has 0 bridgehead atoms. The Morgan fingerprint density at radius 3 is 2.60 bits per heavy atom. The molecule has 1 aliphatic heterocycles. The first-order valence-electron chi connectivity index (χ1n) is 6.05. The maximum absolute atomic E-state index is 2.60. The Labute approximate surface area is 97.1 Å². The van der Waals surface area contributed by atoms with Gasteiger partial charge in [-0.1, -0.05) is 20.3 Å². The zero-order valence-electron chi connectivity index (χ0n) is 9.83. The molecule has 0 saturated carbocycles. The molecule has 0 aromatic carbocycles. The number of hydrogen-bond acceptors (Lipinski definition) is 2. The van der Waals surface area contributed by atoms with Crippen molar-refractivity contribution in [2.45, 2.75) is 45.6 Å². The largest absolute Gasteiger partial charge is 0.298 e. The molecule has 1 saturated heterocycles. The van der Waals surface area contributed by atoms with E-state index in [-0.39, 0.29) is 0 Å². The lowest BCUT2D eigenvalue weighted by Crippen LogP contribution is -2.28. The van der Waals surface area contributed by atoms with E-state index in [1.165, 1.54) is 44.5 Å². The van der Waals surface area contributed by atoms with Crippen molar-refractivity contribution in [3.8, 4) is 0 Å². The van der Waals surface area contributed by atoms with Crippen LogP contribution in [0.5, 0.6) is 0 Å². The summed E-state index contributed by atoms with van der Waals surface area (Å²) in [6.07, 6.45) is 4.21. The molecule has 0 N–H and O–H groups in total. The standard InChI is InChI=1S/C13H21NS/c1-11(2)12-8-13(15-10-12)9-14-6-4-3-5-7-14/h8,10-11H,3-7,9H2,1-2H3. The second-order valence-electron chi connectivity index (χ2n) is 4.84. The van der Waals surface area contributed by atoms with E-state index in [1.807, 2.05) is 11.3 Å². The number of piperidine rings is 1. The van der Waals surface area contributed by atoms with Crippen molar-refractivity contribution in [2.75, 3.05) is 13.1 Å². The Hall–Kier alpha value is -0.340. The summed E-state index contributed by atoms with van der Waals surface area (Å²) in [6.45, 7) is 8.32. The fourth-order valence-corrected chi connectivity index (χ4v) is 3.21. The van der Waals surface area contributed by atoms with Gasteiger partial charge in [0.1, 0.15) is 0 Å². The van der Waals surface area contributed by atoms with E-state index in [4.69, 9.17) is 0 Å². The molecule has 1 aliphatic rings. The number of thiophene rings is 1. The van der Waals surface area contributed by atoms with Crippen LogP contribution >= 0.6 is 11.3 Å². The summed E-state index contributed by atoms with van der Waals surface area (Å²) in [6, 6.07) is 2.39. The molecule has 1 aromatic rings. The quantitative estimate of drug-likeness (QED) is 0.752. The summed E-state index contributed by atoms with van der Waals surface area (Å²) in [5, 5.41) is 2.32. The van der Waals surface area contributed by atoms with Crippen molar-refractivity contribution in [1.29, 1.82) is 0 Å². The fraction of sp³-hybridized carbons (Fsp3) is 0.692. The molecular weight excluding hydrogens is 202 g/mol. The molecular formula is C13H21NS.